The molecule has 0 N–H and O–H groups in total. The molecule has 1 fully saturated rings. The lowest BCUT2D eigenvalue weighted by Gasteiger charge is -2.56. The van der Waals surface area contributed by atoms with E-state index in [1.165, 1.54) is 0 Å². The van der Waals surface area contributed by atoms with Crippen LogP contribution in [0.25, 0.3) is 0 Å². The lowest BCUT2D eigenvalue weighted by molar-refractivity contribution is -0.142. The molecule has 6 nitrogen and oxygen atoms in total. The highest BCUT2D eigenvalue weighted by molar-refractivity contribution is 6.14. The van der Waals surface area contributed by atoms with Gasteiger partial charge in [-0.15, -0.1) is 0 Å². The summed E-state index contributed by atoms with van der Waals surface area (Å²) in [4.78, 5) is 31.5. The van der Waals surface area contributed by atoms with Gasteiger partial charge in [-0.05, 0) is 61.0 Å². The quantitative estimate of drug-likeness (QED) is 0.321. The number of carbonyl (C=O) groups is 2. The molecule has 1 saturated heterocycles. The molecule has 0 aliphatic carbocycles. The molecule has 0 radical (unpaired) electrons. The second kappa shape index (κ2) is 9.38. The summed E-state index contributed by atoms with van der Waals surface area (Å²) in [6.07, 6.45) is -0.281. The van der Waals surface area contributed by atoms with Crippen LogP contribution < -0.4 is 19.3 Å². The van der Waals surface area contributed by atoms with Crippen molar-refractivity contribution in [1.29, 1.82) is 0 Å². The van der Waals surface area contributed by atoms with Gasteiger partial charge in [0, 0.05) is 18.0 Å². The van der Waals surface area contributed by atoms with Crippen LogP contribution in [0.3, 0.4) is 0 Å². The highest BCUT2D eigenvalue weighted by Crippen LogP contribution is 2.55. The third kappa shape index (κ3) is 3.64. The standard InChI is InChI=1S/C32H28N2O4/c1-22-21-32(24-17-19-25(37-2)20-18-24)29(38-26-13-7-4-8-14-26)31(36)34(32)28-16-10-9-15-27(28)33(22)30(35)23-11-5-3-6-12-23/h3-20,22,29H,21H2,1-2H3. The Morgan fingerprint density at radius 3 is 2.05 bits per heavy atom. The van der Waals surface area contributed by atoms with Crippen LogP contribution in [-0.2, 0) is 10.3 Å². The minimum atomic E-state index is -0.833. The molecule has 4 aromatic rings. The second-order valence-electron chi connectivity index (χ2n) is 9.72. The summed E-state index contributed by atoms with van der Waals surface area (Å²) >= 11 is 0. The third-order valence-corrected chi connectivity index (χ3v) is 7.53. The summed E-state index contributed by atoms with van der Waals surface area (Å²) < 4.78 is 11.8. The number of methoxy groups -OCH3 is 1. The first kappa shape index (κ1) is 23.8. The Hall–Kier alpha value is -4.58. The molecule has 0 bridgehead atoms. The molecular weight excluding hydrogens is 476 g/mol. The summed E-state index contributed by atoms with van der Waals surface area (Å²) in [5, 5.41) is 0. The Morgan fingerprint density at radius 2 is 1.39 bits per heavy atom. The van der Waals surface area contributed by atoms with Crippen molar-refractivity contribution in [2.75, 3.05) is 16.9 Å². The minimum Gasteiger partial charge on any atom is -0.497 e. The number of benzene rings is 4. The molecule has 0 saturated carbocycles. The van der Waals surface area contributed by atoms with E-state index >= 15 is 0 Å². The van der Waals surface area contributed by atoms with E-state index in [0.717, 1.165) is 11.3 Å². The van der Waals surface area contributed by atoms with E-state index in [2.05, 4.69) is 0 Å². The first-order chi connectivity index (χ1) is 18.5. The maximum absolute atomic E-state index is 13.9. The Labute approximate surface area is 222 Å². The van der Waals surface area contributed by atoms with E-state index in [9.17, 15) is 9.59 Å². The molecule has 3 unspecified atom stereocenters. The van der Waals surface area contributed by atoms with Gasteiger partial charge in [0.1, 0.15) is 17.0 Å². The molecule has 6 heteroatoms. The topological polar surface area (TPSA) is 59.1 Å². The molecule has 190 valence electrons. The maximum Gasteiger partial charge on any atom is 0.271 e. The van der Waals surface area contributed by atoms with Crippen molar-refractivity contribution in [2.24, 2.45) is 0 Å². The van der Waals surface area contributed by atoms with Crippen molar-refractivity contribution in [2.45, 2.75) is 31.0 Å². The van der Waals surface area contributed by atoms with Crippen LogP contribution in [0.1, 0.15) is 29.3 Å². The normalized spacial score (nSPS) is 22.0. The van der Waals surface area contributed by atoms with Crippen LogP contribution in [-0.4, -0.2) is 31.1 Å². The van der Waals surface area contributed by atoms with Gasteiger partial charge in [0.05, 0.1) is 18.5 Å². The van der Waals surface area contributed by atoms with Crippen molar-refractivity contribution in [3.8, 4) is 11.5 Å². The van der Waals surface area contributed by atoms with Crippen LogP contribution in [0.5, 0.6) is 11.5 Å². The van der Waals surface area contributed by atoms with Crippen molar-refractivity contribution in [1.82, 2.24) is 0 Å². The lowest BCUT2D eigenvalue weighted by atomic mass is 9.70. The van der Waals surface area contributed by atoms with Gasteiger partial charge in [-0.2, -0.15) is 0 Å². The highest BCUT2D eigenvalue weighted by atomic mass is 16.5. The molecule has 3 atom stereocenters. The number of fused-ring (bicyclic) bond motifs is 3. The first-order valence-corrected chi connectivity index (χ1v) is 12.7. The predicted octanol–water partition coefficient (Wildman–Crippen LogP) is 5.82. The van der Waals surface area contributed by atoms with E-state index in [-0.39, 0.29) is 17.9 Å². The number of anilines is 2. The van der Waals surface area contributed by atoms with Crippen LogP contribution >= 0.6 is 0 Å². The van der Waals surface area contributed by atoms with E-state index < -0.39 is 11.6 Å². The Balaban J connectivity index is 1.53. The zero-order valence-corrected chi connectivity index (χ0v) is 21.3. The number of rotatable bonds is 5. The number of hydrogen-bond donors (Lipinski definition) is 0. The fourth-order valence-electron chi connectivity index (χ4n) is 5.83. The monoisotopic (exact) mass is 504 g/mol. The van der Waals surface area contributed by atoms with E-state index in [4.69, 9.17) is 9.47 Å². The first-order valence-electron chi connectivity index (χ1n) is 12.7. The Morgan fingerprint density at radius 1 is 0.789 bits per heavy atom. The molecule has 38 heavy (non-hydrogen) atoms. The zero-order chi connectivity index (χ0) is 26.3. The summed E-state index contributed by atoms with van der Waals surface area (Å²) in [6.45, 7) is 2.04. The summed E-state index contributed by atoms with van der Waals surface area (Å²) in [7, 11) is 1.63. The largest absolute Gasteiger partial charge is 0.497 e. The number of amides is 2. The number of nitrogens with zero attached hydrogens (tertiary/aromatic N) is 2. The highest BCUT2D eigenvalue weighted by Gasteiger charge is 2.66. The fourth-order valence-corrected chi connectivity index (χ4v) is 5.83. The summed E-state index contributed by atoms with van der Waals surface area (Å²) in [5.41, 5.74) is 2.08. The van der Waals surface area contributed by atoms with Gasteiger partial charge in [0.25, 0.3) is 11.8 Å². The third-order valence-electron chi connectivity index (χ3n) is 7.53. The molecule has 2 aliphatic rings. The molecule has 0 spiro atoms. The zero-order valence-electron chi connectivity index (χ0n) is 21.3. The van der Waals surface area contributed by atoms with Gasteiger partial charge in [0.2, 0.25) is 6.10 Å². The number of carbonyl (C=O) groups excluding carboxylic acids is 2. The SMILES string of the molecule is COc1ccc(C23CC(C)N(C(=O)c4ccccc4)c4ccccc4N2C(=O)C3Oc2ccccc2)cc1. The van der Waals surface area contributed by atoms with Crippen LogP contribution in [0, 0.1) is 0 Å². The van der Waals surface area contributed by atoms with Crippen LogP contribution in [0.15, 0.2) is 109 Å². The summed E-state index contributed by atoms with van der Waals surface area (Å²) in [6, 6.07) is 33.8. The average molecular weight is 505 g/mol. The molecule has 2 amide bonds. The minimum absolute atomic E-state index is 0.106. The van der Waals surface area contributed by atoms with Gasteiger partial charge >= 0.3 is 0 Å². The van der Waals surface area contributed by atoms with Gasteiger partial charge < -0.3 is 14.4 Å². The van der Waals surface area contributed by atoms with E-state index in [1.54, 1.807) is 7.11 Å². The number of para-hydroxylation sites is 3. The molecular formula is C32H28N2O4. The molecule has 2 heterocycles. The summed E-state index contributed by atoms with van der Waals surface area (Å²) in [5.74, 6) is 1.11. The van der Waals surface area contributed by atoms with Crippen LogP contribution in [0.4, 0.5) is 11.4 Å². The second-order valence-corrected chi connectivity index (χ2v) is 9.72. The van der Waals surface area contributed by atoms with Crippen molar-refractivity contribution >= 4 is 23.2 Å². The van der Waals surface area contributed by atoms with Crippen molar-refractivity contribution < 1.29 is 19.1 Å². The maximum atomic E-state index is 13.9. The van der Waals surface area contributed by atoms with Gasteiger partial charge in [-0.3, -0.25) is 14.5 Å². The van der Waals surface area contributed by atoms with Gasteiger partial charge in [-0.1, -0.05) is 60.7 Å². The van der Waals surface area contributed by atoms with E-state index in [0.29, 0.717) is 29.1 Å². The predicted molar refractivity (Wildman–Crippen MR) is 147 cm³/mol. The molecule has 0 aromatic heterocycles. The lowest BCUT2D eigenvalue weighted by Crippen LogP contribution is -2.75. The number of ether oxygens (including phenoxy) is 2. The van der Waals surface area contributed by atoms with E-state index in [1.807, 2.05) is 126 Å². The Kier molecular flexibility index (Phi) is 5.87. The molecule has 4 aromatic carbocycles. The molecule has 6 rings (SSSR count). The average Bonchev–Trinajstić information content (AvgIpc) is 3.07. The number of β-lactam (4-membered cyclic amide) rings is 1. The molecule has 2 aliphatic heterocycles. The smallest absolute Gasteiger partial charge is 0.271 e. The van der Waals surface area contributed by atoms with Crippen molar-refractivity contribution in [3.63, 3.8) is 0 Å². The Bertz CT molecular complexity index is 1470. The fraction of sp³-hybridized carbons (Fsp3) is 0.188. The van der Waals surface area contributed by atoms with Gasteiger partial charge in [0.15, 0.2) is 0 Å². The number of hydrogen-bond acceptors (Lipinski definition) is 4. The van der Waals surface area contributed by atoms with Gasteiger partial charge in [-0.25, -0.2) is 0 Å². The van der Waals surface area contributed by atoms with Crippen molar-refractivity contribution in [3.05, 3.63) is 120 Å². The van der Waals surface area contributed by atoms with Crippen LogP contribution in [0.2, 0.25) is 0 Å².